The largest absolute Gasteiger partial charge is 0.382 e. The Bertz CT molecular complexity index is 332. The molecule has 0 heterocycles. The molecule has 0 rings (SSSR count). The molecule has 0 aromatic rings. The number of hydrogen-bond donors (Lipinski definition) is 1. The van der Waals surface area contributed by atoms with E-state index in [0.717, 1.165) is 12.8 Å². The summed E-state index contributed by atoms with van der Waals surface area (Å²) in [7, 11) is 3.28. The molecule has 0 saturated carbocycles. The first kappa shape index (κ1) is 25.3. The quantitative estimate of drug-likeness (QED) is 0.391. The van der Waals surface area contributed by atoms with Crippen molar-refractivity contribution in [3.63, 3.8) is 0 Å². The van der Waals surface area contributed by atoms with Crippen molar-refractivity contribution < 1.29 is 28.5 Å². The molecule has 156 valence electrons. The van der Waals surface area contributed by atoms with Crippen molar-refractivity contribution >= 4 is 5.91 Å². The minimum Gasteiger partial charge on any atom is -0.382 e. The second-order valence-corrected chi connectivity index (χ2v) is 7.39. The molecular weight excluding hydrogens is 338 g/mol. The van der Waals surface area contributed by atoms with Gasteiger partial charge in [0.2, 0.25) is 5.91 Å². The summed E-state index contributed by atoms with van der Waals surface area (Å²) in [6.45, 7) is 10.6. The first-order valence-electron chi connectivity index (χ1n) is 9.40. The van der Waals surface area contributed by atoms with Crippen molar-refractivity contribution in [1.29, 1.82) is 0 Å². The number of methoxy groups -OCH3 is 2. The highest BCUT2D eigenvalue weighted by Gasteiger charge is 2.13. The van der Waals surface area contributed by atoms with Crippen molar-refractivity contribution in [1.82, 2.24) is 5.32 Å². The van der Waals surface area contributed by atoms with Crippen LogP contribution in [-0.4, -0.2) is 79.0 Å². The number of carbonyl (C=O) groups is 1. The first-order chi connectivity index (χ1) is 12.4. The number of rotatable bonds is 17. The molecule has 0 aliphatic rings. The number of ether oxygens (including phenoxy) is 5. The lowest BCUT2D eigenvalue weighted by molar-refractivity contribution is -0.121. The van der Waals surface area contributed by atoms with Gasteiger partial charge in [0.1, 0.15) is 6.10 Å². The lowest BCUT2D eigenvalue weighted by atomic mass is 9.90. The average molecular weight is 378 g/mol. The summed E-state index contributed by atoms with van der Waals surface area (Å²) in [5.41, 5.74) is 0.184. The van der Waals surface area contributed by atoms with E-state index in [9.17, 15) is 4.79 Å². The third kappa shape index (κ3) is 18.1. The van der Waals surface area contributed by atoms with Crippen LogP contribution in [-0.2, 0) is 28.5 Å². The zero-order valence-corrected chi connectivity index (χ0v) is 17.3. The van der Waals surface area contributed by atoms with E-state index < -0.39 is 0 Å². The van der Waals surface area contributed by atoms with Gasteiger partial charge in [-0.05, 0) is 18.3 Å². The van der Waals surface area contributed by atoms with E-state index in [-0.39, 0.29) is 17.4 Å². The molecule has 0 spiro atoms. The van der Waals surface area contributed by atoms with Crippen LogP contribution >= 0.6 is 0 Å². The van der Waals surface area contributed by atoms with Crippen LogP contribution in [0.15, 0.2) is 0 Å². The molecular formula is C19H39NO6. The molecule has 0 fully saturated rings. The number of carbonyl (C=O) groups excluding carboxylic acids is 1. The third-order valence-electron chi connectivity index (χ3n) is 3.57. The van der Waals surface area contributed by atoms with Crippen LogP contribution in [0.5, 0.6) is 0 Å². The molecule has 1 amide bonds. The predicted molar refractivity (Wildman–Crippen MR) is 101 cm³/mol. The fourth-order valence-electron chi connectivity index (χ4n) is 1.99. The summed E-state index contributed by atoms with van der Waals surface area (Å²) in [6, 6.07) is 0. The maximum Gasteiger partial charge on any atom is 0.220 e. The molecule has 0 aliphatic heterocycles. The molecule has 0 aromatic carbocycles. The highest BCUT2D eigenvalue weighted by molar-refractivity contribution is 5.75. The van der Waals surface area contributed by atoms with Gasteiger partial charge in [-0.1, -0.05) is 20.8 Å². The van der Waals surface area contributed by atoms with Crippen molar-refractivity contribution in [2.45, 2.75) is 46.1 Å². The number of hydrogen-bond acceptors (Lipinski definition) is 6. The summed E-state index contributed by atoms with van der Waals surface area (Å²) in [5.74, 6) is 0.104. The van der Waals surface area contributed by atoms with E-state index in [4.69, 9.17) is 23.7 Å². The van der Waals surface area contributed by atoms with E-state index in [1.54, 1.807) is 14.2 Å². The van der Waals surface area contributed by atoms with Gasteiger partial charge < -0.3 is 29.0 Å². The van der Waals surface area contributed by atoms with Crippen LogP contribution in [0.1, 0.15) is 40.0 Å². The number of amides is 1. The SMILES string of the molecule is COCCOCC(COCCCNC(=O)CCC(C)(C)C)OCCOC. The average Bonchev–Trinajstić information content (AvgIpc) is 2.58. The maximum absolute atomic E-state index is 11.7. The van der Waals surface area contributed by atoms with Crippen LogP contribution in [0.4, 0.5) is 0 Å². The van der Waals surface area contributed by atoms with Gasteiger partial charge in [-0.3, -0.25) is 4.79 Å². The Hall–Kier alpha value is -0.730. The van der Waals surface area contributed by atoms with Gasteiger partial charge in [0.15, 0.2) is 0 Å². The van der Waals surface area contributed by atoms with Crippen LogP contribution in [0.2, 0.25) is 0 Å². The Kier molecular flexibility index (Phi) is 16.0. The van der Waals surface area contributed by atoms with E-state index in [0.29, 0.717) is 59.2 Å². The standard InChI is InChI=1S/C19H39NO6/c1-19(2,3)8-7-18(21)20-9-6-10-24-15-17(26-14-12-23-5)16-25-13-11-22-4/h17H,6-16H2,1-5H3,(H,20,21). The van der Waals surface area contributed by atoms with E-state index in [2.05, 4.69) is 26.1 Å². The van der Waals surface area contributed by atoms with Gasteiger partial charge >= 0.3 is 0 Å². The molecule has 0 bridgehead atoms. The van der Waals surface area contributed by atoms with Crippen molar-refractivity contribution in [2.75, 3.05) is 67.0 Å². The maximum atomic E-state index is 11.7. The molecule has 0 aromatic heterocycles. The van der Waals surface area contributed by atoms with Crippen molar-refractivity contribution in [2.24, 2.45) is 5.41 Å². The summed E-state index contributed by atoms with van der Waals surface area (Å²) in [6.07, 6.45) is 2.09. The van der Waals surface area contributed by atoms with Crippen LogP contribution in [0, 0.1) is 5.41 Å². The molecule has 0 radical (unpaired) electrons. The topological polar surface area (TPSA) is 75.2 Å². The molecule has 7 heteroatoms. The lowest BCUT2D eigenvalue weighted by Gasteiger charge is -2.18. The molecule has 0 saturated heterocycles. The Morgan fingerprint density at radius 1 is 0.923 bits per heavy atom. The summed E-state index contributed by atoms with van der Waals surface area (Å²) in [5, 5.41) is 2.93. The Morgan fingerprint density at radius 2 is 1.54 bits per heavy atom. The van der Waals surface area contributed by atoms with Crippen molar-refractivity contribution in [3.05, 3.63) is 0 Å². The van der Waals surface area contributed by atoms with Gasteiger partial charge in [-0.15, -0.1) is 0 Å². The predicted octanol–water partition coefficient (Wildman–Crippen LogP) is 2.03. The molecule has 1 unspecified atom stereocenters. The smallest absolute Gasteiger partial charge is 0.220 e. The highest BCUT2D eigenvalue weighted by Crippen LogP contribution is 2.20. The van der Waals surface area contributed by atoms with E-state index in [1.807, 2.05) is 0 Å². The monoisotopic (exact) mass is 377 g/mol. The summed E-state index contributed by atoms with van der Waals surface area (Å²) in [4.78, 5) is 11.7. The Labute approximate surface area is 159 Å². The second-order valence-electron chi connectivity index (χ2n) is 7.39. The van der Waals surface area contributed by atoms with Gasteiger partial charge in [0.05, 0.1) is 39.6 Å². The van der Waals surface area contributed by atoms with Crippen molar-refractivity contribution in [3.8, 4) is 0 Å². The molecule has 7 nitrogen and oxygen atoms in total. The molecule has 1 atom stereocenters. The Morgan fingerprint density at radius 3 is 2.15 bits per heavy atom. The van der Waals surface area contributed by atoms with E-state index in [1.165, 1.54) is 0 Å². The Balaban J connectivity index is 3.76. The van der Waals surface area contributed by atoms with E-state index >= 15 is 0 Å². The molecule has 1 N–H and O–H groups in total. The fourth-order valence-corrected chi connectivity index (χ4v) is 1.99. The zero-order valence-electron chi connectivity index (χ0n) is 17.3. The van der Waals surface area contributed by atoms with Crippen LogP contribution < -0.4 is 5.32 Å². The van der Waals surface area contributed by atoms with Gasteiger partial charge in [-0.25, -0.2) is 0 Å². The highest BCUT2D eigenvalue weighted by atomic mass is 16.6. The zero-order chi connectivity index (χ0) is 19.7. The fraction of sp³-hybridized carbons (Fsp3) is 0.947. The minimum atomic E-state index is -0.136. The van der Waals surface area contributed by atoms with Crippen LogP contribution in [0.25, 0.3) is 0 Å². The molecule has 0 aliphatic carbocycles. The van der Waals surface area contributed by atoms with Gasteiger partial charge in [0.25, 0.3) is 0 Å². The number of nitrogens with one attached hydrogen (secondary N) is 1. The van der Waals surface area contributed by atoms with Gasteiger partial charge in [-0.2, -0.15) is 0 Å². The third-order valence-corrected chi connectivity index (χ3v) is 3.57. The minimum absolute atomic E-state index is 0.104. The molecule has 26 heavy (non-hydrogen) atoms. The first-order valence-corrected chi connectivity index (χ1v) is 9.40. The van der Waals surface area contributed by atoms with Crippen LogP contribution in [0.3, 0.4) is 0 Å². The summed E-state index contributed by atoms with van der Waals surface area (Å²) >= 11 is 0. The summed E-state index contributed by atoms with van der Waals surface area (Å²) < 4.78 is 26.8. The second kappa shape index (κ2) is 16.4. The normalized spacial score (nSPS) is 13.0. The van der Waals surface area contributed by atoms with Gasteiger partial charge in [0, 0.05) is 33.8 Å². The lowest BCUT2D eigenvalue weighted by Crippen LogP contribution is -2.29.